The van der Waals surface area contributed by atoms with Gasteiger partial charge >= 0.3 is 5.97 Å². The molecule has 0 amide bonds. The van der Waals surface area contributed by atoms with E-state index in [0.29, 0.717) is 27.4 Å². The first-order valence-corrected chi connectivity index (χ1v) is 13.5. The molecule has 4 rings (SSSR count). The first-order valence-electron chi connectivity index (χ1n) is 12.3. The third kappa shape index (κ3) is 7.27. The van der Waals surface area contributed by atoms with Gasteiger partial charge in [-0.25, -0.2) is 0 Å². The van der Waals surface area contributed by atoms with E-state index in [4.69, 9.17) is 44.3 Å². The number of esters is 1. The summed E-state index contributed by atoms with van der Waals surface area (Å²) in [6.45, 7) is 4.95. The van der Waals surface area contributed by atoms with E-state index in [1.54, 1.807) is 12.1 Å². The van der Waals surface area contributed by atoms with E-state index in [2.05, 4.69) is 9.80 Å². The maximum atomic E-state index is 12.6. The molecule has 8 heteroatoms. The molecule has 2 aromatic rings. The van der Waals surface area contributed by atoms with Crippen molar-refractivity contribution in [1.82, 2.24) is 9.80 Å². The number of carbonyl (C=O) groups is 1. The summed E-state index contributed by atoms with van der Waals surface area (Å²) in [5.74, 6) is 1.23. The zero-order chi connectivity index (χ0) is 24.8. The molecular formula is C27H33Cl3N2O3. The highest BCUT2D eigenvalue weighted by atomic mass is 35.5. The van der Waals surface area contributed by atoms with Crippen molar-refractivity contribution in [2.45, 2.75) is 44.2 Å². The Labute approximate surface area is 223 Å². The molecule has 2 fully saturated rings. The molecule has 35 heavy (non-hydrogen) atoms. The van der Waals surface area contributed by atoms with Gasteiger partial charge in [0.25, 0.3) is 0 Å². The lowest BCUT2D eigenvalue weighted by Gasteiger charge is -2.39. The van der Waals surface area contributed by atoms with E-state index >= 15 is 0 Å². The average Bonchev–Trinajstić information content (AvgIpc) is 2.87. The molecule has 0 spiro atoms. The van der Waals surface area contributed by atoms with E-state index < -0.39 is 0 Å². The van der Waals surface area contributed by atoms with Gasteiger partial charge in [-0.3, -0.25) is 9.69 Å². The molecule has 0 saturated carbocycles. The van der Waals surface area contributed by atoms with Crippen LogP contribution < -0.4 is 4.74 Å². The van der Waals surface area contributed by atoms with Crippen LogP contribution in [-0.4, -0.2) is 67.7 Å². The molecule has 0 aromatic heterocycles. The third-order valence-electron chi connectivity index (χ3n) is 7.18. The van der Waals surface area contributed by atoms with Gasteiger partial charge in [-0.1, -0.05) is 53.0 Å². The highest BCUT2D eigenvalue weighted by Crippen LogP contribution is 2.29. The summed E-state index contributed by atoms with van der Waals surface area (Å²) in [5.41, 5.74) is 0.984. The molecule has 2 saturated heterocycles. The van der Waals surface area contributed by atoms with E-state index in [1.165, 1.54) is 7.11 Å². The Morgan fingerprint density at radius 3 is 2.31 bits per heavy atom. The molecular weight excluding hydrogens is 507 g/mol. The second kappa shape index (κ2) is 12.6. The average molecular weight is 540 g/mol. The van der Waals surface area contributed by atoms with Crippen molar-refractivity contribution in [2.24, 2.45) is 5.92 Å². The van der Waals surface area contributed by atoms with Gasteiger partial charge in [0, 0.05) is 37.1 Å². The molecule has 2 aromatic carbocycles. The van der Waals surface area contributed by atoms with Crippen molar-refractivity contribution < 1.29 is 14.3 Å². The van der Waals surface area contributed by atoms with E-state index in [-0.39, 0.29) is 18.1 Å². The predicted molar refractivity (Wildman–Crippen MR) is 142 cm³/mol. The normalized spacial score (nSPS) is 19.4. The SMILES string of the molecule is COC(=O)C(Cc1ccccc1Cl)N1CCC(CN2CCC(Oc3ccc(Cl)c(Cl)c3)CC2)CC1. The Morgan fingerprint density at radius 2 is 1.66 bits per heavy atom. The summed E-state index contributed by atoms with van der Waals surface area (Å²) >= 11 is 18.5. The van der Waals surface area contributed by atoms with Gasteiger partial charge in [-0.05, 0) is 68.5 Å². The van der Waals surface area contributed by atoms with Crippen LogP contribution in [0.3, 0.4) is 0 Å². The number of hydrogen-bond acceptors (Lipinski definition) is 5. The van der Waals surface area contributed by atoms with Crippen molar-refractivity contribution in [2.75, 3.05) is 39.8 Å². The van der Waals surface area contributed by atoms with Crippen LogP contribution in [0, 0.1) is 5.92 Å². The molecule has 0 N–H and O–H groups in total. The summed E-state index contributed by atoms with van der Waals surface area (Å²) < 4.78 is 11.3. The van der Waals surface area contributed by atoms with Crippen LogP contribution in [0.1, 0.15) is 31.2 Å². The summed E-state index contributed by atoms with van der Waals surface area (Å²) in [5, 5.41) is 1.76. The van der Waals surface area contributed by atoms with Crippen molar-refractivity contribution in [3.8, 4) is 5.75 Å². The number of likely N-dealkylation sites (tertiary alicyclic amines) is 2. The minimum absolute atomic E-state index is 0.188. The Balaban J connectivity index is 1.23. The van der Waals surface area contributed by atoms with Crippen LogP contribution in [0.4, 0.5) is 0 Å². The summed E-state index contributed by atoms with van der Waals surface area (Å²) in [6, 6.07) is 12.9. The zero-order valence-electron chi connectivity index (χ0n) is 20.1. The molecule has 0 aliphatic carbocycles. The second-order valence-corrected chi connectivity index (χ2v) is 10.7. The number of nitrogens with zero attached hydrogens (tertiary/aromatic N) is 2. The standard InChI is InChI=1S/C27H33Cl3N2O3/c1-34-27(33)26(16-20-4-2-3-5-23(20)28)32-14-8-19(9-15-32)18-31-12-10-21(11-13-31)35-22-6-7-24(29)25(30)17-22/h2-7,17,19,21,26H,8-16,18H2,1H3. The first kappa shape index (κ1) is 26.6. The second-order valence-electron chi connectivity index (χ2n) is 9.51. The molecule has 2 aliphatic rings. The summed E-state index contributed by atoms with van der Waals surface area (Å²) in [4.78, 5) is 17.4. The number of rotatable bonds is 8. The lowest BCUT2D eigenvalue weighted by Crippen LogP contribution is -2.49. The van der Waals surface area contributed by atoms with Gasteiger partial charge < -0.3 is 14.4 Å². The molecule has 1 unspecified atom stereocenters. The minimum atomic E-state index is -0.296. The molecule has 0 bridgehead atoms. The lowest BCUT2D eigenvalue weighted by atomic mass is 9.93. The molecule has 2 aliphatic heterocycles. The van der Waals surface area contributed by atoms with Gasteiger partial charge in [-0.2, -0.15) is 0 Å². The van der Waals surface area contributed by atoms with E-state index in [1.807, 2.05) is 30.3 Å². The monoisotopic (exact) mass is 538 g/mol. The number of ether oxygens (including phenoxy) is 2. The summed E-state index contributed by atoms with van der Waals surface area (Å²) in [7, 11) is 1.46. The van der Waals surface area contributed by atoms with Crippen molar-refractivity contribution in [3.63, 3.8) is 0 Å². The van der Waals surface area contributed by atoms with Gasteiger partial charge in [0.15, 0.2) is 0 Å². The third-order valence-corrected chi connectivity index (χ3v) is 8.29. The van der Waals surface area contributed by atoms with Gasteiger partial charge in [0.05, 0.1) is 17.2 Å². The Kier molecular flexibility index (Phi) is 9.60. The maximum absolute atomic E-state index is 12.6. The Morgan fingerprint density at radius 1 is 0.943 bits per heavy atom. The van der Waals surface area contributed by atoms with Crippen LogP contribution in [0.2, 0.25) is 15.1 Å². The lowest BCUT2D eigenvalue weighted by molar-refractivity contribution is -0.147. The first-order chi connectivity index (χ1) is 16.9. The van der Waals surface area contributed by atoms with Crippen LogP contribution in [-0.2, 0) is 16.0 Å². The fourth-order valence-electron chi connectivity index (χ4n) is 5.13. The fraction of sp³-hybridized carbons (Fsp3) is 0.519. The van der Waals surface area contributed by atoms with E-state index in [0.717, 1.165) is 69.7 Å². The van der Waals surface area contributed by atoms with Crippen LogP contribution in [0.15, 0.2) is 42.5 Å². The topological polar surface area (TPSA) is 42.0 Å². The Hall–Kier alpha value is -1.50. The molecule has 5 nitrogen and oxygen atoms in total. The highest BCUT2D eigenvalue weighted by molar-refractivity contribution is 6.42. The quantitative estimate of drug-likeness (QED) is 0.386. The van der Waals surface area contributed by atoms with Crippen LogP contribution in [0.25, 0.3) is 0 Å². The predicted octanol–water partition coefficient (Wildman–Crippen LogP) is 5.99. The van der Waals surface area contributed by atoms with Crippen LogP contribution >= 0.6 is 34.8 Å². The number of methoxy groups -OCH3 is 1. The number of piperidine rings is 2. The van der Waals surface area contributed by atoms with Crippen LogP contribution in [0.5, 0.6) is 5.75 Å². The molecule has 2 heterocycles. The largest absolute Gasteiger partial charge is 0.490 e. The van der Waals surface area contributed by atoms with E-state index in [9.17, 15) is 4.79 Å². The van der Waals surface area contributed by atoms with Crippen molar-refractivity contribution >= 4 is 40.8 Å². The minimum Gasteiger partial charge on any atom is -0.490 e. The number of carbonyl (C=O) groups excluding carboxylic acids is 1. The smallest absolute Gasteiger partial charge is 0.323 e. The number of halogens is 3. The van der Waals surface area contributed by atoms with Gasteiger partial charge in [0.2, 0.25) is 0 Å². The highest BCUT2D eigenvalue weighted by Gasteiger charge is 2.32. The fourth-order valence-corrected chi connectivity index (χ4v) is 5.64. The molecule has 190 valence electrons. The molecule has 0 radical (unpaired) electrons. The van der Waals surface area contributed by atoms with Crippen molar-refractivity contribution in [3.05, 3.63) is 63.1 Å². The van der Waals surface area contributed by atoms with Gasteiger partial charge in [-0.15, -0.1) is 0 Å². The molecule has 1 atom stereocenters. The summed E-state index contributed by atoms with van der Waals surface area (Å²) in [6.07, 6.45) is 4.94. The Bertz CT molecular complexity index is 989. The van der Waals surface area contributed by atoms with Gasteiger partial charge in [0.1, 0.15) is 17.9 Å². The number of hydrogen-bond donors (Lipinski definition) is 0. The number of benzene rings is 2. The zero-order valence-corrected chi connectivity index (χ0v) is 22.4. The maximum Gasteiger partial charge on any atom is 0.323 e. The van der Waals surface area contributed by atoms with Crippen molar-refractivity contribution in [1.29, 1.82) is 0 Å².